The molecule has 1 saturated carbocycles. The third kappa shape index (κ3) is 2.96. The molecule has 20 heavy (non-hydrogen) atoms. The summed E-state index contributed by atoms with van der Waals surface area (Å²) in [6.07, 6.45) is 1.39. The number of nitriles is 1. The van der Waals surface area contributed by atoms with Crippen molar-refractivity contribution in [3.05, 3.63) is 29.6 Å². The maximum absolute atomic E-state index is 13.4. The van der Waals surface area contributed by atoms with Gasteiger partial charge in [-0.2, -0.15) is 5.26 Å². The third-order valence-corrected chi connectivity index (χ3v) is 3.25. The number of hydrogen-bond acceptors (Lipinski definition) is 3. The van der Waals surface area contributed by atoms with Crippen LogP contribution in [0, 0.1) is 40.6 Å². The first-order valence-electron chi connectivity index (χ1n) is 5.82. The Bertz CT molecular complexity index is 600. The minimum Gasteiger partial charge on any atom is -0.344 e. The van der Waals surface area contributed by atoms with Crippen LogP contribution in [-0.2, 0) is 4.79 Å². The van der Waals surface area contributed by atoms with E-state index in [2.05, 4.69) is 5.32 Å². The van der Waals surface area contributed by atoms with Gasteiger partial charge < -0.3 is 5.32 Å². The average Bonchev–Trinajstić information content (AvgIpc) is 3.18. The Morgan fingerprint density at radius 3 is 2.35 bits per heavy atom. The highest BCUT2D eigenvalue weighted by molar-refractivity contribution is 7.80. The molecule has 3 nitrogen and oxygen atoms in total. The molecule has 1 atom stereocenters. The van der Waals surface area contributed by atoms with Crippen molar-refractivity contribution in [1.29, 1.82) is 5.26 Å². The molecule has 2 rings (SSSR count). The molecule has 1 N–H and O–H groups in total. The van der Waals surface area contributed by atoms with Crippen LogP contribution >= 0.6 is 12.2 Å². The third-order valence-electron chi connectivity index (χ3n) is 2.91. The first-order valence-corrected chi connectivity index (χ1v) is 6.23. The van der Waals surface area contributed by atoms with E-state index in [1.807, 2.05) is 0 Å². The van der Waals surface area contributed by atoms with Gasteiger partial charge in [-0.25, -0.2) is 13.2 Å². The van der Waals surface area contributed by atoms with Gasteiger partial charge in [-0.3, -0.25) is 4.79 Å². The van der Waals surface area contributed by atoms with E-state index >= 15 is 0 Å². The van der Waals surface area contributed by atoms with Gasteiger partial charge in [0.05, 0.1) is 6.07 Å². The quantitative estimate of drug-likeness (QED) is 0.868. The van der Waals surface area contributed by atoms with Crippen molar-refractivity contribution in [2.75, 3.05) is 5.32 Å². The molecule has 0 aliphatic heterocycles. The Balaban J connectivity index is 2.19. The lowest BCUT2D eigenvalue weighted by molar-refractivity contribution is -0.120. The minimum absolute atomic E-state index is 0.206. The number of thiocarbonyl (C=S) groups is 1. The fourth-order valence-electron chi connectivity index (χ4n) is 1.71. The summed E-state index contributed by atoms with van der Waals surface area (Å²) in [7, 11) is 0. The predicted octanol–water partition coefficient (Wildman–Crippen LogP) is 2.96. The predicted molar refractivity (Wildman–Crippen MR) is 69.4 cm³/mol. The standard InChI is InChI=1S/C13H9F3N2OS/c14-7-3-9(15)11(10(16)4-7)18-13(20)8(5-17)12(19)6-1-2-6/h3-4,6,8H,1-2H2,(H,18,20). The number of nitrogens with zero attached hydrogens (tertiary/aromatic N) is 1. The first-order chi connectivity index (χ1) is 9.43. The van der Waals surface area contributed by atoms with Gasteiger partial charge in [0.1, 0.15) is 16.5 Å². The van der Waals surface area contributed by atoms with Crippen LogP contribution < -0.4 is 5.32 Å². The lowest BCUT2D eigenvalue weighted by atomic mass is 10.0. The van der Waals surface area contributed by atoms with Gasteiger partial charge in [0.2, 0.25) is 0 Å². The van der Waals surface area contributed by atoms with Gasteiger partial charge in [-0.05, 0) is 12.8 Å². The average molecular weight is 298 g/mol. The second-order valence-electron chi connectivity index (χ2n) is 4.47. The van der Waals surface area contributed by atoms with E-state index < -0.39 is 29.1 Å². The molecule has 1 aliphatic rings. The van der Waals surface area contributed by atoms with Gasteiger partial charge in [0, 0.05) is 18.1 Å². The van der Waals surface area contributed by atoms with Gasteiger partial charge in [-0.1, -0.05) is 12.2 Å². The number of Topliss-reactive ketones (excluding diaryl/α,β-unsaturated/α-hetero) is 1. The first kappa shape index (κ1) is 14.5. The molecule has 0 saturated heterocycles. The zero-order chi connectivity index (χ0) is 14.9. The van der Waals surface area contributed by atoms with E-state index in [4.69, 9.17) is 17.5 Å². The number of anilines is 1. The number of benzene rings is 1. The van der Waals surface area contributed by atoms with Crippen LogP contribution in [0.15, 0.2) is 12.1 Å². The van der Waals surface area contributed by atoms with E-state index in [0.29, 0.717) is 25.0 Å². The molecule has 1 aromatic carbocycles. The number of nitrogens with one attached hydrogen (secondary N) is 1. The minimum atomic E-state index is -1.25. The lowest BCUT2D eigenvalue weighted by Gasteiger charge is -2.13. The van der Waals surface area contributed by atoms with E-state index in [1.165, 1.54) is 0 Å². The summed E-state index contributed by atoms with van der Waals surface area (Å²) in [5.41, 5.74) is -0.666. The molecular formula is C13H9F3N2OS. The number of carbonyl (C=O) groups is 1. The topological polar surface area (TPSA) is 52.9 Å². The van der Waals surface area contributed by atoms with E-state index in [9.17, 15) is 18.0 Å². The molecule has 0 radical (unpaired) electrons. The maximum Gasteiger partial charge on any atom is 0.159 e. The number of halogens is 3. The van der Waals surface area contributed by atoms with Crippen molar-refractivity contribution in [2.24, 2.45) is 11.8 Å². The smallest absolute Gasteiger partial charge is 0.159 e. The van der Waals surface area contributed by atoms with Crippen LogP contribution in [0.2, 0.25) is 0 Å². The summed E-state index contributed by atoms with van der Waals surface area (Å²) in [4.78, 5) is 11.5. The van der Waals surface area contributed by atoms with Gasteiger partial charge in [0.15, 0.2) is 23.3 Å². The van der Waals surface area contributed by atoms with Crippen molar-refractivity contribution in [3.8, 4) is 6.07 Å². The van der Waals surface area contributed by atoms with Crippen molar-refractivity contribution in [1.82, 2.24) is 0 Å². The van der Waals surface area contributed by atoms with Gasteiger partial charge >= 0.3 is 0 Å². The summed E-state index contributed by atoms with van der Waals surface area (Å²) in [5, 5.41) is 11.2. The summed E-state index contributed by atoms with van der Waals surface area (Å²) in [6, 6.07) is 2.69. The number of ketones is 1. The maximum atomic E-state index is 13.4. The Morgan fingerprint density at radius 1 is 1.35 bits per heavy atom. The van der Waals surface area contributed by atoms with Crippen molar-refractivity contribution in [3.63, 3.8) is 0 Å². The highest BCUT2D eigenvalue weighted by Crippen LogP contribution is 2.33. The van der Waals surface area contributed by atoms with Crippen LogP contribution in [0.25, 0.3) is 0 Å². The molecule has 104 valence electrons. The molecule has 0 amide bonds. The Hall–Kier alpha value is -1.94. The summed E-state index contributed by atoms with van der Waals surface area (Å²) >= 11 is 4.85. The molecule has 0 bridgehead atoms. The lowest BCUT2D eigenvalue weighted by Crippen LogP contribution is -2.28. The monoisotopic (exact) mass is 298 g/mol. The largest absolute Gasteiger partial charge is 0.344 e. The van der Waals surface area contributed by atoms with E-state index in [0.717, 1.165) is 0 Å². The zero-order valence-corrected chi connectivity index (χ0v) is 10.9. The zero-order valence-electron chi connectivity index (χ0n) is 10.1. The molecular weight excluding hydrogens is 289 g/mol. The van der Waals surface area contributed by atoms with Crippen LogP contribution in [0.3, 0.4) is 0 Å². The molecule has 7 heteroatoms. The van der Waals surface area contributed by atoms with E-state index in [-0.39, 0.29) is 16.7 Å². The second kappa shape index (κ2) is 5.59. The van der Waals surface area contributed by atoms with E-state index in [1.54, 1.807) is 6.07 Å². The summed E-state index contributed by atoms with van der Waals surface area (Å²) in [5.74, 6) is -5.24. The Kier molecular flexibility index (Phi) is 4.04. The fraction of sp³-hybridized carbons (Fsp3) is 0.308. The molecule has 1 fully saturated rings. The highest BCUT2D eigenvalue weighted by Gasteiger charge is 2.37. The van der Waals surface area contributed by atoms with Crippen LogP contribution in [-0.4, -0.2) is 10.8 Å². The number of rotatable bonds is 4. The molecule has 0 spiro atoms. The summed E-state index contributed by atoms with van der Waals surface area (Å²) < 4.78 is 39.6. The number of hydrogen-bond donors (Lipinski definition) is 1. The normalized spacial score (nSPS) is 15.3. The SMILES string of the molecule is N#CC(C(=O)C1CC1)C(=S)Nc1c(F)cc(F)cc1F. The molecule has 1 aromatic rings. The van der Waals surface area contributed by atoms with Crippen molar-refractivity contribution >= 4 is 28.7 Å². The summed E-state index contributed by atoms with van der Waals surface area (Å²) in [6.45, 7) is 0. The van der Waals surface area contributed by atoms with Gasteiger partial charge in [-0.15, -0.1) is 0 Å². The Morgan fingerprint density at radius 2 is 1.90 bits per heavy atom. The molecule has 1 unspecified atom stereocenters. The molecule has 0 aromatic heterocycles. The second-order valence-corrected chi connectivity index (χ2v) is 4.91. The van der Waals surface area contributed by atoms with Crippen molar-refractivity contribution < 1.29 is 18.0 Å². The highest BCUT2D eigenvalue weighted by atomic mass is 32.1. The van der Waals surface area contributed by atoms with Crippen LogP contribution in [0.5, 0.6) is 0 Å². The van der Waals surface area contributed by atoms with Crippen LogP contribution in [0.1, 0.15) is 12.8 Å². The van der Waals surface area contributed by atoms with Crippen LogP contribution in [0.4, 0.5) is 18.9 Å². The van der Waals surface area contributed by atoms with Gasteiger partial charge in [0.25, 0.3) is 0 Å². The Labute approximate surface area is 118 Å². The van der Waals surface area contributed by atoms with Crippen molar-refractivity contribution in [2.45, 2.75) is 12.8 Å². The fourth-order valence-corrected chi connectivity index (χ4v) is 1.98. The molecule has 0 heterocycles. The molecule has 1 aliphatic carbocycles. The number of carbonyl (C=O) groups excluding carboxylic acids is 1.